The molecule has 1 N–H and O–H groups in total. The Hall–Kier alpha value is -3.22. The van der Waals surface area contributed by atoms with E-state index in [1.165, 1.54) is 0 Å². The molecule has 1 aromatic heterocycles. The first-order valence-corrected chi connectivity index (χ1v) is 9.68. The molecule has 4 rings (SSSR count). The maximum Gasteiger partial charge on any atom is 0.257 e. The van der Waals surface area contributed by atoms with E-state index in [1.807, 2.05) is 29.2 Å². The third-order valence-corrected chi connectivity index (χ3v) is 5.51. The number of aromatic amines is 1. The zero-order valence-electron chi connectivity index (χ0n) is 16.9. The molecule has 0 bridgehead atoms. The number of ether oxygens (including phenoxy) is 3. The van der Waals surface area contributed by atoms with E-state index < -0.39 is 0 Å². The molecule has 7 nitrogen and oxygen atoms in total. The highest BCUT2D eigenvalue weighted by Crippen LogP contribution is 2.36. The fourth-order valence-corrected chi connectivity index (χ4v) is 3.89. The van der Waals surface area contributed by atoms with Crippen LogP contribution in [0.3, 0.4) is 0 Å². The second-order valence-electron chi connectivity index (χ2n) is 7.11. The minimum atomic E-state index is -0.0640. The van der Waals surface area contributed by atoms with Crippen molar-refractivity contribution in [2.75, 3.05) is 34.4 Å². The second kappa shape index (κ2) is 8.03. The highest BCUT2D eigenvalue weighted by Gasteiger charge is 2.28. The Morgan fingerprint density at radius 2 is 1.66 bits per heavy atom. The molecule has 7 heteroatoms. The number of piperidine rings is 1. The van der Waals surface area contributed by atoms with Crippen molar-refractivity contribution in [1.82, 2.24) is 14.9 Å². The van der Waals surface area contributed by atoms with Crippen LogP contribution in [0.5, 0.6) is 17.2 Å². The third-order valence-electron chi connectivity index (χ3n) is 5.51. The number of nitrogens with zero attached hydrogens (tertiary/aromatic N) is 2. The van der Waals surface area contributed by atoms with Crippen molar-refractivity contribution in [2.24, 2.45) is 0 Å². The Bertz CT molecular complexity index is 989. The lowest BCUT2D eigenvalue weighted by Crippen LogP contribution is -2.38. The van der Waals surface area contributed by atoms with Gasteiger partial charge < -0.3 is 24.1 Å². The molecule has 1 aliphatic rings. The van der Waals surface area contributed by atoms with E-state index in [0.717, 1.165) is 29.7 Å². The number of fused-ring (bicyclic) bond motifs is 1. The molecular weight excluding hydrogens is 370 g/mol. The van der Waals surface area contributed by atoms with E-state index in [-0.39, 0.29) is 5.91 Å². The summed E-state index contributed by atoms with van der Waals surface area (Å²) in [5.41, 5.74) is 2.51. The minimum Gasteiger partial charge on any atom is -0.496 e. The number of H-pyrrole nitrogens is 1. The summed E-state index contributed by atoms with van der Waals surface area (Å²) in [6.45, 7) is 1.33. The van der Waals surface area contributed by atoms with Gasteiger partial charge in [0.1, 0.15) is 11.6 Å². The van der Waals surface area contributed by atoms with E-state index in [1.54, 1.807) is 33.5 Å². The summed E-state index contributed by atoms with van der Waals surface area (Å²) in [7, 11) is 4.66. The number of hydrogen-bond donors (Lipinski definition) is 1. The molecule has 1 amide bonds. The summed E-state index contributed by atoms with van der Waals surface area (Å²) in [6.07, 6.45) is 1.72. The van der Waals surface area contributed by atoms with E-state index in [2.05, 4.69) is 4.98 Å². The van der Waals surface area contributed by atoms with E-state index in [4.69, 9.17) is 19.2 Å². The fraction of sp³-hybridized carbons (Fsp3) is 0.364. The Morgan fingerprint density at radius 3 is 2.31 bits per heavy atom. The largest absolute Gasteiger partial charge is 0.496 e. The Kier molecular flexibility index (Phi) is 5.29. The number of methoxy groups -OCH3 is 3. The van der Waals surface area contributed by atoms with E-state index >= 15 is 0 Å². The van der Waals surface area contributed by atoms with E-state index in [0.29, 0.717) is 41.8 Å². The maximum atomic E-state index is 13.2. The summed E-state index contributed by atoms with van der Waals surface area (Å²) >= 11 is 0. The lowest BCUT2D eigenvalue weighted by atomic mass is 9.95. The maximum absolute atomic E-state index is 13.2. The first kappa shape index (κ1) is 19.1. The van der Waals surface area contributed by atoms with Crippen LogP contribution < -0.4 is 14.2 Å². The van der Waals surface area contributed by atoms with Crippen LogP contribution in [0.2, 0.25) is 0 Å². The number of hydrogen-bond acceptors (Lipinski definition) is 5. The molecule has 1 fully saturated rings. The van der Waals surface area contributed by atoms with Crippen molar-refractivity contribution in [1.29, 1.82) is 0 Å². The third kappa shape index (κ3) is 3.60. The van der Waals surface area contributed by atoms with Crippen molar-refractivity contribution in [2.45, 2.75) is 18.8 Å². The number of aromatic nitrogens is 2. The van der Waals surface area contributed by atoms with Crippen LogP contribution >= 0.6 is 0 Å². The van der Waals surface area contributed by atoms with Crippen molar-refractivity contribution >= 4 is 16.9 Å². The average Bonchev–Trinajstić information content (AvgIpc) is 3.22. The Balaban J connectivity index is 1.50. The molecule has 1 aliphatic heterocycles. The van der Waals surface area contributed by atoms with Crippen LogP contribution in [0.15, 0.2) is 36.4 Å². The Morgan fingerprint density at radius 1 is 1.00 bits per heavy atom. The van der Waals surface area contributed by atoms with Gasteiger partial charge >= 0.3 is 0 Å². The normalized spacial score (nSPS) is 14.8. The molecule has 0 saturated carbocycles. The molecule has 1 saturated heterocycles. The van der Waals surface area contributed by atoms with Gasteiger partial charge in [-0.1, -0.05) is 12.1 Å². The zero-order valence-corrected chi connectivity index (χ0v) is 16.9. The summed E-state index contributed by atoms with van der Waals surface area (Å²) < 4.78 is 16.1. The number of benzene rings is 2. The van der Waals surface area contributed by atoms with E-state index in [9.17, 15) is 4.79 Å². The molecule has 0 unspecified atom stereocenters. The van der Waals surface area contributed by atoms with Crippen LogP contribution in [0, 0.1) is 0 Å². The number of carbonyl (C=O) groups is 1. The number of rotatable bonds is 5. The van der Waals surface area contributed by atoms with Crippen molar-refractivity contribution in [3.05, 3.63) is 47.8 Å². The van der Waals surface area contributed by atoms with Crippen LogP contribution in [-0.2, 0) is 0 Å². The van der Waals surface area contributed by atoms with Gasteiger partial charge in [-0.3, -0.25) is 4.79 Å². The number of amides is 1. The van der Waals surface area contributed by atoms with Crippen LogP contribution in [0.25, 0.3) is 11.0 Å². The quantitative estimate of drug-likeness (QED) is 0.714. The van der Waals surface area contributed by atoms with Gasteiger partial charge in [0.25, 0.3) is 5.91 Å². The predicted octanol–water partition coefficient (Wildman–Crippen LogP) is 3.61. The summed E-state index contributed by atoms with van der Waals surface area (Å²) in [6, 6.07) is 11.4. The van der Waals surface area contributed by atoms with Gasteiger partial charge in [-0.25, -0.2) is 4.98 Å². The monoisotopic (exact) mass is 395 g/mol. The molecular formula is C22H25N3O4. The Labute approximate surface area is 169 Å². The molecule has 3 aromatic rings. The lowest BCUT2D eigenvalue weighted by molar-refractivity contribution is 0.0707. The lowest BCUT2D eigenvalue weighted by Gasteiger charge is -2.31. The number of likely N-dealkylation sites (tertiary alicyclic amines) is 1. The SMILES string of the molecule is COc1cc(OC)c(C(=O)N2CCC(c3nc4ccccc4[nH]3)CC2)cc1OC. The highest BCUT2D eigenvalue weighted by atomic mass is 16.5. The molecule has 2 aromatic carbocycles. The molecule has 152 valence electrons. The minimum absolute atomic E-state index is 0.0640. The van der Waals surface area contributed by atoms with Crippen LogP contribution in [0.1, 0.15) is 34.9 Å². The second-order valence-corrected chi connectivity index (χ2v) is 7.11. The predicted molar refractivity (Wildman–Crippen MR) is 110 cm³/mol. The summed E-state index contributed by atoms with van der Waals surface area (Å²) in [4.78, 5) is 23.2. The number of imidazole rings is 1. The first-order chi connectivity index (χ1) is 14.1. The first-order valence-electron chi connectivity index (χ1n) is 9.68. The zero-order chi connectivity index (χ0) is 20.4. The smallest absolute Gasteiger partial charge is 0.257 e. The molecule has 2 heterocycles. The molecule has 0 radical (unpaired) electrons. The van der Waals surface area contributed by atoms with Crippen molar-refractivity contribution in [3.63, 3.8) is 0 Å². The van der Waals surface area contributed by atoms with Gasteiger partial charge in [0.05, 0.1) is 37.9 Å². The topological polar surface area (TPSA) is 76.7 Å². The summed E-state index contributed by atoms with van der Waals surface area (Å²) in [5.74, 6) is 2.77. The molecule has 0 spiro atoms. The van der Waals surface area contributed by atoms with Crippen LogP contribution in [-0.4, -0.2) is 55.2 Å². The van der Waals surface area contributed by atoms with Crippen molar-refractivity contribution < 1.29 is 19.0 Å². The number of carbonyl (C=O) groups excluding carboxylic acids is 1. The van der Waals surface area contributed by atoms with Gasteiger partial charge in [0.2, 0.25) is 0 Å². The van der Waals surface area contributed by atoms with Gasteiger partial charge in [0, 0.05) is 31.1 Å². The number of para-hydroxylation sites is 2. The standard InChI is InChI=1S/C22H25N3O4/c1-27-18-13-20(29-3)19(28-2)12-15(18)22(26)25-10-8-14(9-11-25)21-23-16-6-4-5-7-17(16)24-21/h4-7,12-14H,8-11H2,1-3H3,(H,23,24). The van der Waals surface area contributed by atoms with Crippen LogP contribution in [0.4, 0.5) is 0 Å². The summed E-state index contributed by atoms with van der Waals surface area (Å²) in [5, 5.41) is 0. The number of nitrogens with one attached hydrogen (secondary N) is 1. The van der Waals surface area contributed by atoms with Crippen molar-refractivity contribution in [3.8, 4) is 17.2 Å². The molecule has 29 heavy (non-hydrogen) atoms. The van der Waals surface area contributed by atoms with Gasteiger partial charge in [-0.2, -0.15) is 0 Å². The van der Waals surface area contributed by atoms with Gasteiger partial charge in [0.15, 0.2) is 11.5 Å². The van der Waals surface area contributed by atoms with Gasteiger partial charge in [-0.15, -0.1) is 0 Å². The molecule has 0 atom stereocenters. The highest BCUT2D eigenvalue weighted by molar-refractivity contribution is 5.98. The van der Waals surface area contributed by atoms with Gasteiger partial charge in [-0.05, 0) is 25.0 Å². The average molecular weight is 395 g/mol. The fourth-order valence-electron chi connectivity index (χ4n) is 3.89. The molecule has 0 aliphatic carbocycles.